The molecule has 73 heavy (non-hydrogen) atoms. The number of pyridine rings is 6. The van der Waals surface area contributed by atoms with E-state index in [9.17, 15) is 15.0 Å². The van der Waals surface area contributed by atoms with Gasteiger partial charge in [0.1, 0.15) is 17.5 Å². The van der Waals surface area contributed by atoms with Crippen LogP contribution in [0.2, 0.25) is 0 Å². The summed E-state index contributed by atoms with van der Waals surface area (Å²) < 4.78 is 5.34. The Labute approximate surface area is 422 Å². The van der Waals surface area contributed by atoms with Crippen molar-refractivity contribution in [3.8, 4) is 33.8 Å². The Bertz CT molecular complexity index is 3430. The number of aromatic nitrogens is 9. The minimum atomic E-state index is -0.955. The van der Waals surface area contributed by atoms with E-state index in [1.807, 2.05) is 120 Å². The molecule has 7 N–H and O–H groups in total. The third-order valence-electron chi connectivity index (χ3n) is 13.1. The summed E-state index contributed by atoms with van der Waals surface area (Å²) in [6.45, 7) is 6.31. The molecule has 370 valence electrons. The minimum absolute atomic E-state index is 0.00470. The van der Waals surface area contributed by atoms with Crippen LogP contribution < -0.4 is 26.6 Å². The van der Waals surface area contributed by atoms with Gasteiger partial charge < -0.3 is 36.8 Å². The Morgan fingerprint density at radius 1 is 0.575 bits per heavy atom. The molecule has 9 aromatic heterocycles. The van der Waals surface area contributed by atoms with E-state index in [4.69, 9.17) is 15.0 Å². The van der Waals surface area contributed by atoms with E-state index >= 15 is 0 Å². The minimum Gasteiger partial charge on any atom is -0.478 e. The third kappa shape index (κ3) is 11.7. The Morgan fingerprint density at radius 2 is 1.07 bits per heavy atom. The topological polar surface area (TPSA) is 208 Å². The highest BCUT2D eigenvalue weighted by atomic mass is 16.4. The molecule has 1 aromatic carbocycles. The van der Waals surface area contributed by atoms with E-state index < -0.39 is 5.97 Å². The molecule has 2 saturated heterocycles. The van der Waals surface area contributed by atoms with Crippen LogP contribution in [-0.2, 0) is 6.61 Å². The van der Waals surface area contributed by atoms with Gasteiger partial charge in [-0.1, -0.05) is 54.6 Å². The van der Waals surface area contributed by atoms with Crippen molar-refractivity contribution < 1.29 is 15.0 Å². The second kappa shape index (κ2) is 22.7. The van der Waals surface area contributed by atoms with Crippen LogP contribution in [0, 0.1) is 0 Å². The zero-order valence-electron chi connectivity index (χ0n) is 40.5. The van der Waals surface area contributed by atoms with Gasteiger partial charge in [0, 0.05) is 53.4 Å². The number of aromatic carboxylic acids is 1. The van der Waals surface area contributed by atoms with Crippen molar-refractivity contribution in [1.29, 1.82) is 0 Å². The number of rotatable bonds is 12. The first-order valence-electron chi connectivity index (χ1n) is 24.7. The molecular weight excluding hydrogens is 917 g/mol. The van der Waals surface area contributed by atoms with Gasteiger partial charge in [-0.3, -0.25) is 0 Å². The zero-order chi connectivity index (χ0) is 49.9. The maximum Gasteiger partial charge on any atom is 0.335 e. The van der Waals surface area contributed by atoms with Crippen LogP contribution in [0.15, 0.2) is 165 Å². The van der Waals surface area contributed by atoms with Crippen molar-refractivity contribution in [3.63, 3.8) is 0 Å². The maximum atomic E-state index is 11.2. The second-order valence-electron chi connectivity index (χ2n) is 18.1. The number of carbonyl (C=O) groups is 1. The lowest BCUT2D eigenvalue weighted by Crippen LogP contribution is -2.35. The van der Waals surface area contributed by atoms with Crippen LogP contribution in [0.3, 0.4) is 0 Å². The number of carboxylic acid groups (broad SMARTS) is 1. The number of carboxylic acids is 1. The fourth-order valence-electron chi connectivity index (χ4n) is 9.16. The summed E-state index contributed by atoms with van der Waals surface area (Å²) in [5, 5.41) is 48.9. The van der Waals surface area contributed by atoms with Gasteiger partial charge in [-0.15, -0.1) is 0 Å². The van der Waals surface area contributed by atoms with Gasteiger partial charge in [-0.25, -0.2) is 33.3 Å². The predicted octanol–water partition coefficient (Wildman–Crippen LogP) is 8.88. The lowest BCUT2D eigenvalue weighted by molar-refractivity contribution is 0.0696. The monoisotopic (exact) mass is 974 g/mol. The molecule has 0 bridgehead atoms. The lowest BCUT2D eigenvalue weighted by atomic mass is 10.1. The van der Waals surface area contributed by atoms with Crippen LogP contribution >= 0.6 is 0 Å². The van der Waals surface area contributed by atoms with Gasteiger partial charge in [-0.2, -0.15) is 15.3 Å². The largest absolute Gasteiger partial charge is 0.478 e. The highest BCUT2D eigenvalue weighted by Gasteiger charge is 2.17. The predicted molar refractivity (Wildman–Crippen MR) is 286 cm³/mol. The van der Waals surface area contributed by atoms with E-state index in [1.54, 1.807) is 27.5 Å². The third-order valence-corrected chi connectivity index (χ3v) is 13.1. The molecule has 10 aromatic rings. The number of nitrogens with zero attached hydrogens (tertiary/aromatic N) is 9. The number of hydrogen-bond acceptors (Lipinski definition) is 13. The van der Waals surface area contributed by atoms with Crippen molar-refractivity contribution in [1.82, 2.24) is 54.4 Å². The van der Waals surface area contributed by atoms with Crippen molar-refractivity contribution in [2.45, 2.75) is 57.3 Å². The summed E-state index contributed by atoms with van der Waals surface area (Å²) in [5.74, 6) is 1.64. The van der Waals surface area contributed by atoms with Crippen LogP contribution in [0.5, 0.6) is 0 Å². The van der Waals surface area contributed by atoms with E-state index in [-0.39, 0.29) is 18.2 Å². The molecule has 0 saturated carbocycles. The van der Waals surface area contributed by atoms with Gasteiger partial charge in [-0.05, 0) is 143 Å². The molecule has 12 rings (SSSR count). The van der Waals surface area contributed by atoms with E-state index in [0.717, 1.165) is 125 Å². The van der Waals surface area contributed by atoms with E-state index in [1.165, 1.54) is 11.6 Å². The van der Waals surface area contributed by atoms with Crippen LogP contribution in [-0.4, -0.2) is 98.2 Å². The summed E-state index contributed by atoms with van der Waals surface area (Å²) in [6.07, 6.45) is 15.3. The first-order valence-corrected chi connectivity index (χ1v) is 24.7. The van der Waals surface area contributed by atoms with Crippen LogP contribution in [0.1, 0.15) is 60.1 Å². The van der Waals surface area contributed by atoms with Crippen molar-refractivity contribution in [2.24, 2.45) is 0 Å². The molecule has 0 radical (unpaired) electrons. The number of aliphatic hydroxyl groups is 1. The molecule has 17 heteroatoms. The zero-order valence-corrected chi connectivity index (χ0v) is 40.5. The standard InChI is InChI=1S/C21H20N4O.C18H19N5O2.C17H19N5/c1-15(17-6-3-2-4-7-17)23-21-9-5-8-19(24-21)18-13-22-25-11-10-16(14-26)12-20(18)25;24-18(25)12-6-9-23-16(10-12)14(11-20-23)15-2-1-3-17(22-15)21-13-4-7-19-8-5-13;1-2-11-22-16(5-1)14(12-19-22)15-4-3-6-17(21-15)20-13-7-9-18-10-8-13/h2-13,15,26H,14H2,1H3,(H,23,24);1-3,6,9-11,13,19H,4-5,7-8H2,(H,21,22)(H,24,25);1-6,11-13,18H,7-10H2,(H,20,21). The molecular formula is C56H58N14O3. The Balaban J connectivity index is 0.000000126. The molecule has 11 heterocycles. The number of aliphatic hydroxyl groups excluding tert-OH is 1. The summed E-state index contributed by atoms with van der Waals surface area (Å²) in [4.78, 5) is 25.5. The fraction of sp³-hybridized carbons (Fsp3) is 0.232. The highest BCUT2D eigenvalue weighted by molar-refractivity contribution is 5.91. The quantitative estimate of drug-likeness (QED) is 0.0611. The van der Waals surface area contributed by atoms with Gasteiger partial charge >= 0.3 is 5.97 Å². The Hall–Kier alpha value is -8.51. The van der Waals surface area contributed by atoms with Gasteiger partial charge in [0.2, 0.25) is 0 Å². The van der Waals surface area contributed by atoms with Crippen molar-refractivity contribution in [2.75, 3.05) is 42.1 Å². The Kier molecular flexibility index (Phi) is 15.0. The van der Waals surface area contributed by atoms with Gasteiger partial charge in [0.05, 0.1) is 64.4 Å². The van der Waals surface area contributed by atoms with E-state index in [0.29, 0.717) is 12.1 Å². The number of hydrogen-bond donors (Lipinski definition) is 7. The normalized spacial score (nSPS) is 14.4. The summed E-state index contributed by atoms with van der Waals surface area (Å²) >= 11 is 0. The first kappa shape index (κ1) is 48.1. The number of benzene rings is 1. The van der Waals surface area contributed by atoms with Gasteiger partial charge in [0.25, 0.3) is 0 Å². The number of fused-ring (bicyclic) bond motifs is 3. The molecule has 0 amide bonds. The van der Waals surface area contributed by atoms with Crippen LogP contribution in [0.4, 0.5) is 17.5 Å². The number of anilines is 3. The first-order chi connectivity index (χ1) is 35.8. The number of piperidine rings is 2. The summed E-state index contributed by atoms with van der Waals surface area (Å²) in [7, 11) is 0. The average Bonchev–Trinajstić information content (AvgIpc) is 4.20. The molecule has 2 fully saturated rings. The van der Waals surface area contributed by atoms with Crippen LogP contribution in [0.25, 0.3) is 50.3 Å². The summed E-state index contributed by atoms with van der Waals surface area (Å²) in [5.41, 5.74) is 10.4. The second-order valence-corrected chi connectivity index (χ2v) is 18.1. The number of nitrogens with one attached hydrogen (secondary N) is 5. The molecule has 0 spiro atoms. The molecule has 2 aliphatic rings. The average molecular weight is 975 g/mol. The lowest BCUT2D eigenvalue weighted by Gasteiger charge is -2.24. The highest BCUT2D eigenvalue weighted by Crippen LogP contribution is 2.28. The van der Waals surface area contributed by atoms with Gasteiger partial charge in [0.15, 0.2) is 0 Å². The fourth-order valence-corrected chi connectivity index (χ4v) is 9.16. The molecule has 2 aliphatic heterocycles. The Morgan fingerprint density at radius 3 is 1.63 bits per heavy atom. The molecule has 1 unspecified atom stereocenters. The smallest absolute Gasteiger partial charge is 0.335 e. The van der Waals surface area contributed by atoms with Crippen molar-refractivity contribution in [3.05, 3.63) is 181 Å². The molecule has 1 atom stereocenters. The molecule has 0 aliphatic carbocycles. The SMILES string of the molecule is CC(Nc1cccc(-c2cnn3ccc(CO)cc23)n1)c1ccccc1.O=C(O)c1ccn2ncc(-c3cccc(NC4CCNCC4)n3)c2c1.c1cc(NC2CCNCC2)nc(-c2cnn3ccccc23)c1. The molecule has 17 nitrogen and oxygen atoms in total. The van der Waals surface area contributed by atoms with Crippen molar-refractivity contribution >= 4 is 40.0 Å². The maximum absolute atomic E-state index is 11.2. The summed E-state index contributed by atoms with van der Waals surface area (Å²) in [6, 6.07) is 42.3. The van der Waals surface area contributed by atoms with E-state index in [2.05, 4.69) is 73.1 Å².